The predicted molar refractivity (Wildman–Crippen MR) is 113 cm³/mol. The zero-order valence-corrected chi connectivity index (χ0v) is 16.6. The van der Waals surface area contributed by atoms with Gasteiger partial charge in [-0.15, -0.1) is 0 Å². The number of hydrogen-bond acceptors (Lipinski definition) is 4. The second-order valence-corrected chi connectivity index (χ2v) is 7.27. The number of nitrogens with one attached hydrogen (secondary N) is 2. The number of benzene rings is 1. The minimum Gasteiger partial charge on any atom is -0.399 e. The first kappa shape index (κ1) is 19.7. The number of nitrogens with zero attached hydrogens (tertiary/aromatic N) is 3. The molecule has 9 heteroatoms. The number of nitrogens with two attached hydrogens (primary N) is 1. The first-order valence-corrected chi connectivity index (χ1v) is 9.85. The van der Waals surface area contributed by atoms with Crippen molar-refractivity contribution >= 4 is 16.9 Å². The molecule has 0 bridgehead atoms. The van der Waals surface area contributed by atoms with Crippen LogP contribution in [-0.4, -0.2) is 24.1 Å². The van der Waals surface area contributed by atoms with E-state index in [-0.39, 0.29) is 24.0 Å². The molecule has 0 radical (unpaired) electrons. The maximum absolute atomic E-state index is 14.2. The highest BCUT2D eigenvalue weighted by molar-refractivity contribution is 5.70. The molecule has 0 aliphatic carbocycles. The van der Waals surface area contributed by atoms with Crippen molar-refractivity contribution in [2.45, 2.75) is 39.3 Å². The van der Waals surface area contributed by atoms with Gasteiger partial charge in [0.1, 0.15) is 17.2 Å². The number of aryl methyl sites for hydroxylation is 2. The number of hydrogen-bond donors (Lipinski definition) is 3. The van der Waals surface area contributed by atoms with Gasteiger partial charge < -0.3 is 15.7 Å². The highest BCUT2D eigenvalue weighted by atomic mass is 19.1. The van der Waals surface area contributed by atoms with E-state index in [4.69, 9.17) is 5.73 Å². The molecule has 0 amide bonds. The van der Waals surface area contributed by atoms with Crippen LogP contribution in [0.5, 0.6) is 0 Å². The summed E-state index contributed by atoms with van der Waals surface area (Å²) in [5.41, 5.74) is 7.14. The van der Waals surface area contributed by atoms with Crippen LogP contribution in [0.1, 0.15) is 30.3 Å². The van der Waals surface area contributed by atoms with Crippen molar-refractivity contribution in [1.82, 2.24) is 24.1 Å². The molecule has 0 fully saturated rings. The number of H-pyrrole nitrogens is 2. The number of anilines is 1. The molecule has 0 spiro atoms. The summed E-state index contributed by atoms with van der Waals surface area (Å²) >= 11 is 0. The number of aromatic amines is 2. The average molecular weight is 410 g/mol. The molecule has 0 unspecified atom stereocenters. The quantitative estimate of drug-likeness (QED) is 0.405. The van der Waals surface area contributed by atoms with Crippen molar-refractivity contribution in [3.63, 3.8) is 0 Å². The van der Waals surface area contributed by atoms with E-state index in [0.717, 1.165) is 5.56 Å². The maximum Gasteiger partial charge on any atom is 0.332 e. The van der Waals surface area contributed by atoms with E-state index >= 15 is 0 Å². The fraction of sp³-hybridized carbons (Fsp3) is 0.286. The van der Waals surface area contributed by atoms with Gasteiger partial charge in [0.15, 0.2) is 5.65 Å². The molecule has 3 heterocycles. The Bertz CT molecular complexity index is 1300. The first-order valence-electron chi connectivity index (χ1n) is 9.85. The molecule has 4 aromatic rings. The van der Waals surface area contributed by atoms with Crippen LogP contribution in [0.25, 0.3) is 11.2 Å². The first-order chi connectivity index (χ1) is 14.5. The van der Waals surface area contributed by atoms with E-state index in [1.165, 1.54) is 15.2 Å². The largest absolute Gasteiger partial charge is 0.399 e. The zero-order valence-electron chi connectivity index (χ0n) is 16.6. The van der Waals surface area contributed by atoms with Crippen LogP contribution in [0, 0.1) is 5.82 Å². The summed E-state index contributed by atoms with van der Waals surface area (Å²) in [6, 6.07) is 6.41. The van der Waals surface area contributed by atoms with E-state index in [1.54, 1.807) is 12.1 Å². The minimum atomic E-state index is -0.440. The van der Waals surface area contributed by atoms with Crippen LogP contribution in [-0.2, 0) is 25.9 Å². The van der Waals surface area contributed by atoms with Gasteiger partial charge in [0, 0.05) is 37.6 Å². The highest BCUT2D eigenvalue weighted by Gasteiger charge is 2.18. The average Bonchev–Trinajstić information content (AvgIpc) is 3.37. The van der Waals surface area contributed by atoms with Crippen LogP contribution in [0.3, 0.4) is 0 Å². The monoisotopic (exact) mass is 410 g/mol. The SMILES string of the molecule is CCCn1c(=O)c2[nH]c(Cc3cc[nH]c3)nc2n(CCc2ccc(N)cc2F)c1=O. The van der Waals surface area contributed by atoms with Crippen molar-refractivity contribution in [1.29, 1.82) is 0 Å². The third-order valence-electron chi connectivity index (χ3n) is 5.07. The van der Waals surface area contributed by atoms with Gasteiger partial charge in [-0.25, -0.2) is 14.2 Å². The molecule has 8 nitrogen and oxygen atoms in total. The molecule has 0 saturated carbocycles. The Hall–Kier alpha value is -3.62. The molecule has 0 saturated heterocycles. The van der Waals surface area contributed by atoms with E-state index in [2.05, 4.69) is 15.0 Å². The lowest BCUT2D eigenvalue weighted by Crippen LogP contribution is -2.40. The predicted octanol–water partition coefficient (Wildman–Crippen LogP) is 2.18. The molecule has 4 N–H and O–H groups in total. The van der Waals surface area contributed by atoms with Crippen molar-refractivity contribution in [2.75, 3.05) is 5.73 Å². The van der Waals surface area contributed by atoms with Crippen molar-refractivity contribution in [3.8, 4) is 0 Å². The van der Waals surface area contributed by atoms with Gasteiger partial charge in [-0.1, -0.05) is 13.0 Å². The lowest BCUT2D eigenvalue weighted by atomic mass is 10.1. The van der Waals surface area contributed by atoms with E-state index < -0.39 is 11.5 Å². The molecule has 0 aliphatic rings. The van der Waals surface area contributed by atoms with Crippen LogP contribution in [0.4, 0.5) is 10.1 Å². The molecule has 4 rings (SSSR count). The Labute approximate surface area is 171 Å². The van der Waals surface area contributed by atoms with Crippen LogP contribution in [0.15, 0.2) is 46.2 Å². The molecule has 0 atom stereocenters. The highest BCUT2D eigenvalue weighted by Crippen LogP contribution is 2.15. The van der Waals surface area contributed by atoms with E-state index in [1.807, 2.05) is 25.4 Å². The number of imidazole rings is 1. The minimum absolute atomic E-state index is 0.189. The van der Waals surface area contributed by atoms with Crippen molar-refractivity contribution < 1.29 is 4.39 Å². The number of rotatable bonds is 7. The number of halogens is 1. The summed E-state index contributed by atoms with van der Waals surface area (Å²) < 4.78 is 16.9. The summed E-state index contributed by atoms with van der Waals surface area (Å²) in [4.78, 5) is 36.5. The number of nitrogen functional groups attached to an aromatic ring is 1. The summed E-state index contributed by atoms with van der Waals surface area (Å²) in [7, 11) is 0. The standard InChI is InChI=1S/C21H23FN6O2/c1-2-8-28-20(29)18-19(26-17(25-18)10-13-5-7-24-12-13)27(21(28)30)9-6-14-3-4-15(23)11-16(14)22/h3-5,7,11-12,24H,2,6,8-10,23H2,1H3,(H,25,26). The fourth-order valence-corrected chi connectivity index (χ4v) is 3.58. The van der Waals surface area contributed by atoms with Gasteiger partial charge >= 0.3 is 5.69 Å². The molecule has 156 valence electrons. The fourth-order valence-electron chi connectivity index (χ4n) is 3.58. The topological polar surface area (TPSA) is 114 Å². The third-order valence-corrected chi connectivity index (χ3v) is 5.07. The van der Waals surface area contributed by atoms with Crippen LogP contribution < -0.4 is 17.0 Å². The molecule has 3 aromatic heterocycles. The Kier molecular flexibility index (Phi) is 5.26. The summed E-state index contributed by atoms with van der Waals surface area (Å²) in [5, 5.41) is 0. The molecular weight excluding hydrogens is 387 g/mol. The third kappa shape index (κ3) is 3.66. The van der Waals surface area contributed by atoms with Crippen molar-refractivity contribution in [2.24, 2.45) is 0 Å². The second-order valence-electron chi connectivity index (χ2n) is 7.27. The van der Waals surface area contributed by atoms with Gasteiger partial charge in [-0.3, -0.25) is 13.9 Å². The van der Waals surface area contributed by atoms with Crippen LogP contribution in [0.2, 0.25) is 0 Å². The van der Waals surface area contributed by atoms with E-state index in [9.17, 15) is 14.0 Å². The van der Waals surface area contributed by atoms with Crippen LogP contribution >= 0.6 is 0 Å². The lowest BCUT2D eigenvalue weighted by Gasteiger charge is -2.11. The zero-order chi connectivity index (χ0) is 21.3. The molecule has 1 aromatic carbocycles. The van der Waals surface area contributed by atoms with Gasteiger partial charge in [0.25, 0.3) is 5.56 Å². The van der Waals surface area contributed by atoms with Gasteiger partial charge in [0.2, 0.25) is 0 Å². The van der Waals surface area contributed by atoms with Gasteiger partial charge in [-0.2, -0.15) is 0 Å². The van der Waals surface area contributed by atoms with Gasteiger partial charge in [0.05, 0.1) is 0 Å². The van der Waals surface area contributed by atoms with E-state index in [0.29, 0.717) is 42.1 Å². The second kappa shape index (κ2) is 8.02. The van der Waals surface area contributed by atoms with Crippen molar-refractivity contribution in [3.05, 3.63) is 80.3 Å². The Morgan fingerprint density at radius 3 is 2.70 bits per heavy atom. The molecular formula is C21H23FN6O2. The Balaban J connectivity index is 1.78. The lowest BCUT2D eigenvalue weighted by molar-refractivity contribution is 0.549. The molecule has 0 aliphatic heterocycles. The summed E-state index contributed by atoms with van der Waals surface area (Å²) in [6.45, 7) is 2.39. The summed E-state index contributed by atoms with van der Waals surface area (Å²) in [6.07, 6.45) is 5.05. The Morgan fingerprint density at radius 2 is 2.00 bits per heavy atom. The smallest absolute Gasteiger partial charge is 0.332 e. The maximum atomic E-state index is 14.2. The molecule has 30 heavy (non-hydrogen) atoms. The number of fused-ring (bicyclic) bond motifs is 1. The normalized spacial score (nSPS) is 11.4. The Morgan fingerprint density at radius 1 is 1.17 bits per heavy atom. The number of aromatic nitrogens is 5. The summed E-state index contributed by atoms with van der Waals surface area (Å²) in [5.74, 6) is 0.166. The van der Waals surface area contributed by atoms with Gasteiger partial charge in [-0.05, 0) is 42.2 Å².